The van der Waals surface area contributed by atoms with Gasteiger partial charge in [-0.25, -0.2) is 0 Å². The highest BCUT2D eigenvalue weighted by molar-refractivity contribution is 6.32. The van der Waals surface area contributed by atoms with Gasteiger partial charge in [0.15, 0.2) is 5.69 Å². The molecule has 15 heavy (non-hydrogen) atoms. The summed E-state index contributed by atoms with van der Waals surface area (Å²) >= 11 is 5.58. The first-order valence-electron chi connectivity index (χ1n) is 4.33. The number of nitrogens with zero attached hydrogens (tertiary/aromatic N) is 2. The predicted octanol–water partition coefficient (Wildman–Crippen LogP) is 2.59. The maximum absolute atomic E-state index is 12.6. The first-order chi connectivity index (χ1) is 6.79. The highest BCUT2D eigenvalue weighted by Gasteiger charge is 2.39. The van der Waals surface area contributed by atoms with E-state index in [1.807, 2.05) is 0 Å². The van der Waals surface area contributed by atoms with Crippen LogP contribution in [0.3, 0.4) is 0 Å². The second-order valence-corrected chi connectivity index (χ2v) is 3.73. The van der Waals surface area contributed by atoms with Gasteiger partial charge in [0.2, 0.25) is 0 Å². The van der Waals surface area contributed by atoms with Crippen molar-refractivity contribution in [1.29, 1.82) is 0 Å². The van der Waals surface area contributed by atoms with E-state index in [1.54, 1.807) is 13.8 Å². The summed E-state index contributed by atoms with van der Waals surface area (Å²) in [5.41, 5.74) is 4.39. The number of hydrogen-bond acceptors (Lipinski definition) is 2. The van der Waals surface area contributed by atoms with E-state index < -0.39 is 22.9 Å². The van der Waals surface area contributed by atoms with Crippen LogP contribution >= 0.6 is 11.6 Å². The van der Waals surface area contributed by atoms with Crippen LogP contribution < -0.4 is 5.73 Å². The Bertz CT molecular complexity index is 357. The molecular weight excluding hydrogens is 231 g/mol. The monoisotopic (exact) mass is 241 g/mol. The Labute approximate surface area is 90.0 Å². The summed E-state index contributed by atoms with van der Waals surface area (Å²) in [5, 5.41) is 3.33. The maximum Gasteiger partial charge on any atom is 0.434 e. The highest BCUT2D eigenvalue weighted by atomic mass is 35.5. The molecular formula is C8H11ClF3N3. The van der Waals surface area contributed by atoms with E-state index in [9.17, 15) is 13.2 Å². The van der Waals surface area contributed by atoms with Gasteiger partial charge in [-0.15, -0.1) is 0 Å². The van der Waals surface area contributed by atoms with Crippen LogP contribution in [-0.4, -0.2) is 9.78 Å². The zero-order valence-corrected chi connectivity index (χ0v) is 9.02. The fourth-order valence-electron chi connectivity index (χ4n) is 1.22. The second-order valence-electron chi connectivity index (χ2n) is 3.35. The summed E-state index contributed by atoms with van der Waals surface area (Å²) < 4.78 is 38.8. The van der Waals surface area contributed by atoms with E-state index in [1.165, 1.54) is 0 Å². The summed E-state index contributed by atoms with van der Waals surface area (Å²) in [6.45, 7) is 3.08. The van der Waals surface area contributed by atoms with Crippen LogP contribution in [0, 0.1) is 0 Å². The molecule has 0 saturated heterocycles. The second kappa shape index (κ2) is 4.02. The molecule has 0 atom stereocenters. The fraction of sp³-hybridized carbons (Fsp3) is 0.625. The molecule has 7 heteroatoms. The summed E-state index contributed by atoms with van der Waals surface area (Å²) in [4.78, 5) is 0. The Balaban J connectivity index is 3.39. The van der Waals surface area contributed by atoms with E-state index in [4.69, 9.17) is 17.3 Å². The SMILES string of the molecule is CC(C)n1nc(CN)c(Cl)c1C(F)(F)F. The maximum atomic E-state index is 12.6. The summed E-state index contributed by atoms with van der Waals surface area (Å²) in [6, 6.07) is -0.417. The molecule has 0 saturated carbocycles. The average Bonchev–Trinajstić information content (AvgIpc) is 2.41. The standard InChI is InChI=1S/C8H11ClF3N3/c1-4(2)15-7(8(10,11)12)6(9)5(3-13)14-15/h4H,3,13H2,1-2H3. The topological polar surface area (TPSA) is 43.8 Å². The van der Waals surface area contributed by atoms with Crippen molar-refractivity contribution >= 4 is 11.6 Å². The van der Waals surface area contributed by atoms with E-state index in [2.05, 4.69) is 5.10 Å². The van der Waals surface area contributed by atoms with Crippen LogP contribution in [0.15, 0.2) is 0 Å². The third-order valence-corrected chi connectivity index (χ3v) is 2.27. The van der Waals surface area contributed by atoms with Crippen molar-refractivity contribution in [2.75, 3.05) is 0 Å². The summed E-state index contributed by atoms with van der Waals surface area (Å²) in [6.07, 6.45) is -4.51. The Kier molecular flexibility index (Phi) is 3.30. The highest BCUT2D eigenvalue weighted by Crippen LogP contribution is 2.37. The molecule has 0 radical (unpaired) electrons. The van der Waals surface area contributed by atoms with Gasteiger partial charge >= 0.3 is 6.18 Å². The fourth-order valence-corrected chi connectivity index (χ4v) is 1.53. The van der Waals surface area contributed by atoms with Crippen molar-refractivity contribution in [1.82, 2.24) is 9.78 Å². The van der Waals surface area contributed by atoms with Gasteiger partial charge in [-0.1, -0.05) is 11.6 Å². The van der Waals surface area contributed by atoms with Crippen LogP contribution in [-0.2, 0) is 12.7 Å². The van der Waals surface area contributed by atoms with Crippen molar-refractivity contribution in [2.24, 2.45) is 5.73 Å². The zero-order valence-electron chi connectivity index (χ0n) is 8.27. The van der Waals surface area contributed by atoms with Gasteiger partial charge in [0, 0.05) is 12.6 Å². The van der Waals surface area contributed by atoms with Gasteiger partial charge in [-0.2, -0.15) is 18.3 Å². The van der Waals surface area contributed by atoms with Crippen molar-refractivity contribution in [2.45, 2.75) is 32.6 Å². The largest absolute Gasteiger partial charge is 0.434 e. The first kappa shape index (κ1) is 12.3. The van der Waals surface area contributed by atoms with Crippen LogP contribution in [0.5, 0.6) is 0 Å². The predicted molar refractivity (Wildman–Crippen MR) is 50.5 cm³/mol. The third kappa shape index (κ3) is 2.26. The van der Waals surface area contributed by atoms with Gasteiger partial charge in [0.1, 0.15) is 0 Å². The van der Waals surface area contributed by atoms with Crippen molar-refractivity contribution in [3.8, 4) is 0 Å². The number of halogens is 4. The molecule has 3 nitrogen and oxygen atoms in total. The number of alkyl halides is 3. The number of rotatable bonds is 2. The molecule has 86 valence electrons. The number of nitrogens with two attached hydrogens (primary N) is 1. The molecule has 2 N–H and O–H groups in total. The molecule has 0 aliphatic rings. The Hall–Kier alpha value is -0.750. The zero-order chi connectivity index (χ0) is 11.8. The normalized spacial score (nSPS) is 12.5. The molecule has 0 amide bonds. The van der Waals surface area contributed by atoms with E-state index >= 15 is 0 Å². The van der Waals surface area contributed by atoms with Gasteiger partial charge in [-0.3, -0.25) is 4.68 Å². The van der Waals surface area contributed by atoms with Crippen LogP contribution in [0.25, 0.3) is 0 Å². The van der Waals surface area contributed by atoms with Gasteiger partial charge in [0.05, 0.1) is 10.7 Å². The van der Waals surface area contributed by atoms with Crippen LogP contribution in [0.1, 0.15) is 31.3 Å². The molecule has 0 bridgehead atoms. The minimum absolute atomic E-state index is 0.0673. The molecule has 0 aliphatic heterocycles. The molecule has 0 aromatic carbocycles. The lowest BCUT2D eigenvalue weighted by Gasteiger charge is -2.13. The third-order valence-electron chi connectivity index (χ3n) is 1.87. The minimum atomic E-state index is -4.51. The van der Waals surface area contributed by atoms with Gasteiger partial charge in [0.25, 0.3) is 0 Å². The van der Waals surface area contributed by atoms with Gasteiger partial charge in [-0.05, 0) is 13.8 Å². The molecule has 0 unspecified atom stereocenters. The van der Waals surface area contributed by atoms with Crippen LogP contribution in [0.4, 0.5) is 13.2 Å². The van der Waals surface area contributed by atoms with Gasteiger partial charge < -0.3 is 5.73 Å². The Morgan fingerprint density at radius 1 is 1.47 bits per heavy atom. The Morgan fingerprint density at radius 3 is 2.27 bits per heavy atom. The molecule has 0 aliphatic carbocycles. The lowest BCUT2D eigenvalue weighted by molar-refractivity contribution is -0.144. The average molecular weight is 242 g/mol. The number of hydrogen-bond donors (Lipinski definition) is 1. The molecule has 1 aromatic heterocycles. The Morgan fingerprint density at radius 2 is 2.00 bits per heavy atom. The summed E-state index contributed by atoms with van der Waals surface area (Å²) in [5.74, 6) is 0. The van der Waals surface area contributed by atoms with Crippen molar-refractivity contribution < 1.29 is 13.2 Å². The van der Waals surface area contributed by atoms with Crippen molar-refractivity contribution in [3.63, 3.8) is 0 Å². The quantitative estimate of drug-likeness (QED) is 0.865. The lowest BCUT2D eigenvalue weighted by Crippen LogP contribution is -2.16. The molecule has 0 spiro atoms. The van der Waals surface area contributed by atoms with Crippen LogP contribution in [0.2, 0.25) is 5.02 Å². The minimum Gasteiger partial charge on any atom is -0.325 e. The van der Waals surface area contributed by atoms with E-state index in [0.717, 1.165) is 4.68 Å². The lowest BCUT2D eigenvalue weighted by atomic mass is 10.3. The first-order valence-corrected chi connectivity index (χ1v) is 4.71. The van der Waals surface area contributed by atoms with E-state index in [-0.39, 0.29) is 12.2 Å². The van der Waals surface area contributed by atoms with Crippen molar-refractivity contribution in [3.05, 3.63) is 16.4 Å². The smallest absolute Gasteiger partial charge is 0.325 e. The van der Waals surface area contributed by atoms with E-state index in [0.29, 0.717) is 0 Å². The molecule has 1 heterocycles. The molecule has 0 fully saturated rings. The number of aromatic nitrogens is 2. The summed E-state index contributed by atoms with van der Waals surface area (Å²) in [7, 11) is 0. The molecule has 1 rings (SSSR count). The molecule has 1 aromatic rings.